The molecule has 0 saturated carbocycles. The molecule has 10 heteroatoms. The van der Waals surface area contributed by atoms with Crippen LogP contribution >= 0.6 is 0 Å². The molecule has 0 bridgehead atoms. The van der Waals surface area contributed by atoms with Crippen LogP contribution in [0, 0.1) is 13.8 Å². The van der Waals surface area contributed by atoms with Crippen LogP contribution < -0.4 is 15.2 Å². The van der Waals surface area contributed by atoms with Crippen LogP contribution in [0.2, 0.25) is 0 Å². The second-order valence-corrected chi connectivity index (χ2v) is 9.92. The van der Waals surface area contributed by atoms with E-state index in [1.54, 1.807) is 17.7 Å². The fraction of sp³-hybridized carbons (Fsp3) is 0.226. The highest BCUT2D eigenvalue weighted by Gasteiger charge is 2.43. The minimum absolute atomic E-state index is 0.0427. The van der Waals surface area contributed by atoms with Crippen molar-refractivity contribution in [2.75, 3.05) is 6.73 Å². The van der Waals surface area contributed by atoms with Crippen LogP contribution in [0.1, 0.15) is 30.2 Å². The minimum Gasteiger partial charge on any atom is -0.440 e. The van der Waals surface area contributed by atoms with Gasteiger partial charge in [-0.2, -0.15) is 5.10 Å². The van der Waals surface area contributed by atoms with Crippen molar-refractivity contribution in [3.63, 3.8) is 0 Å². The minimum atomic E-state index is -3.72. The summed E-state index contributed by atoms with van der Waals surface area (Å²) in [5.41, 5.74) is 12.9. The predicted molar refractivity (Wildman–Crippen MR) is 149 cm³/mol. The normalized spacial score (nSPS) is 14.4. The molecule has 3 heterocycles. The van der Waals surface area contributed by atoms with Crippen molar-refractivity contribution in [1.82, 2.24) is 14.8 Å². The Bertz CT molecular complexity index is 1760. The molecule has 0 spiro atoms. The highest BCUT2D eigenvalue weighted by atomic mass is 19.3. The Hall–Kier alpha value is -4.54. The summed E-state index contributed by atoms with van der Waals surface area (Å²) in [6.45, 7) is 5.75. The Labute approximate surface area is 235 Å². The van der Waals surface area contributed by atoms with Gasteiger partial charge in [-0.25, -0.2) is 4.98 Å². The fourth-order valence-electron chi connectivity index (χ4n) is 5.03. The molecule has 2 N–H and O–H groups in total. The first-order valence-electron chi connectivity index (χ1n) is 13.1. The molecule has 1 atom stereocenters. The molecular weight excluding hydrogens is 530 g/mol. The standard InChI is InChI=1S/C31H28F2N4O4/c1-17-6-5-7-20(12-17)21-8-10-23(26-15-25(36-37(26)4)18(2)38-16-34)24(13-21)30-29(35-19(3)39-30)22-9-11-27-28(14-22)41-31(32,33)40-27/h5-15,18H,16,34H2,1-4H3. The highest BCUT2D eigenvalue weighted by Crippen LogP contribution is 2.46. The average molecular weight is 559 g/mol. The molecular formula is C31H28F2N4O4. The maximum atomic E-state index is 13.7. The van der Waals surface area contributed by atoms with Crippen molar-refractivity contribution in [1.29, 1.82) is 0 Å². The molecule has 8 nitrogen and oxygen atoms in total. The molecule has 41 heavy (non-hydrogen) atoms. The van der Waals surface area contributed by atoms with Gasteiger partial charge in [0.15, 0.2) is 23.1 Å². The number of hydrogen-bond donors (Lipinski definition) is 1. The first-order chi connectivity index (χ1) is 19.6. The lowest BCUT2D eigenvalue weighted by atomic mass is 9.93. The van der Waals surface area contributed by atoms with Crippen molar-refractivity contribution >= 4 is 0 Å². The number of nitrogens with zero attached hydrogens (tertiary/aromatic N) is 3. The Balaban J connectivity index is 1.54. The molecule has 2 aromatic heterocycles. The van der Waals surface area contributed by atoms with E-state index in [2.05, 4.69) is 20.9 Å². The van der Waals surface area contributed by atoms with Gasteiger partial charge in [0, 0.05) is 30.7 Å². The van der Waals surface area contributed by atoms with Crippen molar-refractivity contribution in [2.45, 2.75) is 33.2 Å². The maximum Gasteiger partial charge on any atom is 0.586 e. The number of rotatable bonds is 7. The molecule has 0 radical (unpaired) electrons. The van der Waals surface area contributed by atoms with Crippen molar-refractivity contribution in [3.8, 4) is 56.5 Å². The molecule has 0 amide bonds. The van der Waals surface area contributed by atoms with E-state index >= 15 is 0 Å². The van der Waals surface area contributed by atoms with E-state index in [9.17, 15) is 8.78 Å². The van der Waals surface area contributed by atoms with Crippen molar-refractivity contribution < 1.29 is 27.4 Å². The van der Waals surface area contributed by atoms with Crippen LogP contribution in [0.5, 0.6) is 11.5 Å². The summed E-state index contributed by atoms with van der Waals surface area (Å²) in [7, 11) is 1.86. The summed E-state index contributed by atoms with van der Waals surface area (Å²) in [5.74, 6) is 0.782. The molecule has 6 rings (SSSR count). The number of ether oxygens (including phenoxy) is 3. The summed E-state index contributed by atoms with van der Waals surface area (Å²) in [5, 5.41) is 4.66. The number of halogens is 2. The summed E-state index contributed by atoms with van der Waals surface area (Å²) >= 11 is 0. The number of benzene rings is 3. The second kappa shape index (κ2) is 10.1. The van der Waals surface area contributed by atoms with Gasteiger partial charge in [0.1, 0.15) is 11.8 Å². The molecule has 210 valence electrons. The highest BCUT2D eigenvalue weighted by molar-refractivity contribution is 5.90. The number of aromatic nitrogens is 3. The van der Waals surface area contributed by atoms with Gasteiger partial charge in [-0.15, -0.1) is 8.78 Å². The topological polar surface area (TPSA) is 97.6 Å². The van der Waals surface area contributed by atoms with Gasteiger partial charge in [0.25, 0.3) is 0 Å². The van der Waals surface area contributed by atoms with E-state index in [0.29, 0.717) is 22.9 Å². The van der Waals surface area contributed by atoms with Crippen LogP contribution in [0.25, 0.3) is 45.0 Å². The van der Waals surface area contributed by atoms with Crippen LogP contribution in [0.15, 0.2) is 71.1 Å². The molecule has 0 saturated heterocycles. The van der Waals surface area contributed by atoms with Crippen molar-refractivity contribution in [2.24, 2.45) is 12.8 Å². The Morgan fingerprint density at radius 1 is 0.927 bits per heavy atom. The van der Waals surface area contributed by atoms with E-state index in [0.717, 1.165) is 39.2 Å². The predicted octanol–water partition coefficient (Wildman–Crippen LogP) is 7.01. The number of fused-ring (bicyclic) bond motifs is 1. The van der Waals surface area contributed by atoms with Gasteiger partial charge in [-0.3, -0.25) is 4.68 Å². The summed E-state index contributed by atoms with van der Waals surface area (Å²) in [6, 6.07) is 20.8. The number of nitrogens with two attached hydrogens (primary N) is 1. The largest absolute Gasteiger partial charge is 0.586 e. The van der Waals surface area contributed by atoms with Gasteiger partial charge in [-0.05, 0) is 55.3 Å². The zero-order valence-electron chi connectivity index (χ0n) is 22.9. The molecule has 3 aromatic carbocycles. The van der Waals surface area contributed by atoms with Crippen LogP contribution in [0.3, 0.4) is 0 Å². The lowest BCUT2D eigenvalue weighted by Crippen LogP contribution is -2.25. The molecule has 1 aliphatic heterocycles. The number of hydrogen-bond acceptors (Lipinski definition) is 7. The van der Waals surface area contributed by atoms with Crippen LogP contribution in [-0.4, -0.2) is 27.8 Å². The Morgan fingerprint density at radius 3 is 2.46 bits per heavy atom. The molecule has 1 aliphatic rings. The van der Waals surface area contributed by atoms with Crippen molar-refractivity contribution in [3.05, 3.63) is 83.9 Å². The SMILES string of the molecule is Cc1cccc(-c2ccc(-c3cc(C(C)OCN)nn3C)c(-c3oc(C)nc3-c3ccc4c(c3)OC(F)(F)O4)c2)c1. The van der Waals surface area contributed by atoms with Gasteiger partial charge < -0.3 is 24.4 Å². The lowest BCUT2D eigenvalue weighted by molar-refractivity contribution is -0.286. The third kappa shape index (κ3) is 5.07. The fourth-order valence-corrected chi connectivity index (χ4v) is 5.03. The van der Waals surface area contributed by atoms with Gasteiger partial charge in [-0.1, -0.05) is 42.0 Å². The number of alkyl halides is 2. The van der Waals surface area contributed by atoms with Gasteiger partial charge >= 0.3 is 6.29 Å². The first kappa shape index (κ1) is 26.7. The quantitative estimate of drug-likeness (QED) is 0.215. The van der Waals surface area contributed by atoms with E-state index in [-0.39, 0.29) is 24.3 Å². The monoisotopic (exact) mass is 558 g/mol. The number of aryl methyl sites for hydroxylation is 3. The van der Waals surface area contributed by atoms with Crippen LogP contribution in [0.4, 0.5) is 8.78 Å². The average Bonchev–Trinajstić information content (AvgIpc) is 3.61. The third-order valence-corrected chi connectivity index (χ3v) is 6.96. The number of oxazole rings is 1. The third-order valence-electron chi connectivity index (χ3n) is 6.96. The molecule has 0 aliphatic carbocycles. The van der Waals surface area contributed by atoms with E-state index in [4.69, 9.17) is 19.6 Å². The van der Waals surface area contributed by atoms with E-state index < -0.39 is 6.29 Å². The smallest absolute Gasteiger partial charge is 0.440 e. The molecule has 5 aromatic rings. The van der Waals surface area contributed by atoms with Gasteiger partial charge in [0.05, 0.1) is 18.1 Å². The molecule has 1 unspecified atom stereocenters. The second-order valence-electron chi connectivity index (χ2n) is 9.92. The summed E-state index contributed by atoms with van der Waals surface area (Å²) in [6.07, 6.45) is -4.02. The Morgan fingerprint density at radius 2 is 1.68 bits per heavy atom. The summed E-state index contributed by atoms with van der Waals surface area (Å²) in [4.78, 5) is 4.64. The zero-order valence-corrected chi connectivity index (χ0v) is 22.9. The van der Waals surface area contributed by atoms with Crippen LogP contribution in [-0.2, 0) is 11.8 Å². The first-order valence-corrected chi connectivity index (χ1v) is 13.1. The summed E-state index contributed by atoms with van der Waals surface area (Å²) < 4.78 is 50.3. The molecule has 0 fully saturated rings. The lowest BCUT2D eigenvalue weighted by Gasteiger charge is -2.13. The maximum absolute atomic E-state index is 13.7. The van der Waals surface area contributed by atoms with E-state index in [1.807, 2.05) is 63.4 Å². The zero-order chi connectivity index (χ0) is 28.9. The Kier molecular flexibility index (Phi) is 6.59. The van der Waals surface area contributed by atoms with E-state index in [1.165, 1.54) is 12.1 Å². The van der Waals surface area contributed by atoms with Gasteiger partial charge in [0.2, 0.25) is 0 Å².